The molecule has 24 heavy (non-hydrogen) atoms. The molecule has 0 aromatic carbocycles. The molecule has 0 aromatic heterocycles. The van der Waals surface area contributed by atoms with E-state index in [-0.39, 0.29) is 6.61 Å². The molecule has 0 aliphatic heterocycles. The number of carboxylic acids is 1. The molecule has 0 aromatic rings. The van der Waals surface area contributed by atoms with E-state index in [0.29, 0.717) is 13.0 Å². The zero-order chi connectivity index (χ0) is 17.9. The minimum absolute atomic E-state index is 0.187. The summed E-state index contributed by atoms with van der Waals surface area (Å²) in [7, 11) is 0. The predicted octanol–water partition coefficient (Wildman–Crippen LogP) is 4.65. The van der Waals surface area contributed by atoms with Gasteiger partial charge in [-0.2, -0.15) is 0 Å². The second kappa shape index (κ2) is 18.0. The first-order valence-electron chi connectivity index (χ1n) is 9.12. The summed E-state index contributed by atoms with van der Waals surface area (Å²) in [6, 6.07) is 0. The maximum absolute atomic E-state index is 10.2. The lowest BCUT2D eigenvalue weighted by molar-refractivity contribution is -0.142. The Morgan fingerprint density at radius 3 is 2.42 bits per heavy atom. The molecule has 0 spiro atoms. The van der Waals surface area contributed by atoms with Crippen molar-refractivity contribution in [3.63, 3.8) is 0 Å². The lowest BCUT2D eigenvalue weighted by Crippen LogP contribution is -2.07. The van der Waals surface area contributed by atoms with Crippen molar-refractivity contribution in [1.29, 1.82) is 0 Å². The Labute approximate surface area is 146 Å². The maximum atomic E-state index is 10.2. The highest BCUT2D eigenvalue weighted by Gasteiger charge is 1.96. The summed E-state index contributed by atoms with van der Waals surface area (Å²) in [5.74, 6) is -0.902. The summed E-state index contributed by atoms with van der Waals surface area (Å²) < 4.78 is 4.99. The van der Waals surface area contributed by atoms with Crippen LogP contribution in [0, 0.1) is 0 Å². The van der Waals surface area contributed by atoms with Crippen molar-refractivity contribution in [3.05, 3.63) is 36.5 Å². The molecule has 2 N–H and O–H groups in total. The van der Waals surface area contributed by atoms with Crippen LogP contribution in [-0.4, -0.2) is 35.5 Å². The molecular weight excluding hydrogens is 304 g/mol. The maximum Gasteiger partial charge on any atom is 0.329 e. The number of unbranched alkanes of at least 4 members (excludes halogenated alkanes) is 6. The molecule has 0 bridgehead atoms. The number of hydrogen-bond acceptors (Lipinski definition) is 3. The molecule has 0 aliphatic carbocycles. The van der Waals surface area contributed by atoms with Crippen molar-refractivity contribution < 1.29 is 19.7 Å². The zero-order valence-electron chi connectivity index (χ0n) is 15.0. The molecule has 4 nitrogen and oxygen atoms in total. The van der Waals surface area contributed by atoms with Crippen LogP contribution in [0.3, 0.4) is 0 Å². The third-order valence-electron chi connectivity index (χ3n) is 3.50. The summed E-state index contributed by atoms with van der Waals surface area (Å²) >= 11 is 0. The Bertz CT molecular complexity index is 372. The van der Waals surface area contributed by atoms with Gasteiger partial charge in [0.15, 0.2) is 0 Å². The van der Waals surface area contributed by atoms with Gasteiger partial charge in [-0.3, -0.25) is 0 Å². The first-order chi connectivity index (χ1) is 11.7. The molecule has 0 radical (unpaired) electrons. The molecular formula is C20H34O4. The van der Waals surface area contributed by atoms with Crippen LogP contribution < -0.4 is 0 Å². The first-order valence-corrected chi connectivity index (χ1v) is 9.12. The fourth-order valence-electron chi connectivity index (χ4n) is 2.18. The largest absolute Gasteiger partial charge is 0.480 e. The fourth-order valence-corrected chi connectivity index (χ4v) is 2.18. The van der Waals surface area contributed by atoms with E-state index in [2.05, 4.69) is 19.1 Å². The average Bonchev–Trinajstić information content (AvgIpc) is 2.55. The third kappa shape index (κ3) is 18.7. The van der Waals surface area contributed by atoms with Crippen molar-refractivity contribution >= 4 is 5.97 Å². The Hall–Kier alpha value is -1.39. The van der Waals surface area contributed by atoms with Gasteiger partial charge >= 0.3 is 5.97 Å². The number of aliphatic carboxylic acids is 1. The van der Waals surface area contributed by atoms with E-state index in [0.717, 1.165) is 25.7 Å². The SMILES string of the molecule is CCC=CCC(O)C=C/C=C\CCCCCCCCOCC(=O)O. The van der Waals surface area contributed by atoms with Crippen LogP contribution in [0.4, 0.5) is 0 Å². The molecule has 0 fully saturated rings. The highest BCUT2D eigenvalue weighted by molar-refractivity contribution is 5.67. The van der Waals surface area contributed by atoms with E-state index in [4.69, 9.17) is 9.84 Å². The normalized spacial score (nSPS) is 13.4. The quantitative estimate of drug-likeness (QED) is 0.244. The number of allylic oxidation sites excluding steroid dienone is 4. The van der Waals surface area contributed by atoms with Crippen molar-refractivity contribution in [2.75, 3.05) is 13.2 Å². The van der Waals surface area contributed by atoms with Gasteiger partial charge in [0.2, 0.25) is 0 Å². The molecule has 0 rings (SSSR count). The van der Waals surface area contributed by atoms with Gasteiger partial charge in [0, 0.05) is 6.61 Å². The van der Waals surface area contributed by atoms with E-state index >= 15 is 0 Å². The molecule has 0 amide bonds. The second-order valence-corrected chi connectivity index (χ2v) is 5.85. The van der Waals surface area contributed by atoms with E-state index < -0.39 is 12.1 Å². The number of aliphatic hydroxyl groups excluding tert-OH is 1. The van der Waals surface area contributed by atoms with Crippen molar-refractivity contribution in [2.24, 2.45) is 0 Å². The topological polar surface area (TPSA) is 66.8 Å². The molecule has 1 atom stereocenters. The molecule has 0 heterocycles. The van der Waals surface area contributed by atoms with E-state index in [1.165, 1.54) is 25.7 Å². The van der Waals surface area contributed by atoms with Crippen molar-refractivity contribution in [1.82, 2.24) is 0 Å². The van der Waals surface area contributed by atoms with E-state index in [1.54, 1.807) is 0 Å². The number of carbonyl (C=O) groups is 1. The van der Waals surface area contributed by atoms with E-state index in [1.807, 2.05) is 24.3 Å². The Kier molecular flexibility index (Phi) is 16.9. The zero-order valence-corrected chi connectivity index (χ0v) is 15.0. The van der Waals surface area contributed by atoms with Crippen LogP contribution in [0.25, 0.3) is 0 Å². The summed E-state index contributed by atoms with van der Waals surface area (Å²) in [4.78, 5) is 10.2. The lowest BCUT2D eigenvalue weighted by atomic mass is 10.1. The number of aliphatic hydroxyl groups is 1. The van der Waals surface area contributed by atoms with Gasteiger partial charge in [0.1, 0.15) is 6.61 Å². The number of hydrogen-bond donors (Lipinski definition) is 2. The van der Waals surface area contributed by atoms with Crippen LogP contribution in [0.1, 0.15) is 64.7 Å². The van der Waals surface area contributed by atoms with Gasteiger partial charge in [-0.15, -0.1) is 0 Å². The number of rotatable bonds is 16. The predicted molar refractivity (Wildman–Crippen MR) is 99.1 cm³/mol. The molecule has 0 saturated heterocycles. The minimum Gasteiger partial charge on any atom is -0.480 e. The monoisotopic (exact) mass is 338 g/mol. The van der Waals surface area contributed by atoms with Gasteiger partial charge < -0.3 is 14.9 Å². The molecule has 0 saturated carbocycles. The number of carboxylic acid groups (broad SMARTS) is 1. The summed E-state index contributed by atoms with van der Waals surface area (Å²) in [6.45, 7) is 2.44. The Balaban J connectivity index is 3.34. The molecule has 4 heteroatoms. The Morgan fingerprint density at radius 2 is 1.71 bits per heavy atom. The van der Waals surface area contributed by atoms with Crippen LogP contribution in [0.2, 0.25) is 0 Å². The molecule has 1 unspecified atom stereocenters. The van der Waals surface area contributed by atoms with E-state index in [9.17, 15) is 9.90 Å². The molecule has 0 aliphatic rings. The van der Waals surface area contributed by atoms with Gasteiger partial charge in [0.05, 0.1) is 6.10 Å². The van der Waals surface area contributed by atoms with Gasteiger partial charge in [-0.05, 0) is 32.1 Å². The van der Waals surface area contributed by atoms with Crippen LogP contribution >= 0.6 is 0 Å². The third-order valence-corrected chi connectivity index (χ3v) is 3.50. The second-order valence-electron chi connectivity index (χ2n) is 5.85. The van der Waals surface area contributed by atoms with Gasteiger partial charge in [-0.1, -0.05) is 69.1 Å². The number of ether oxygens (including phenoxy) is 1. The summed E-state index contributed by atoms with van der Waals surface area (Å²) in [5, 5.41) is 18.1. The molecule has 138 valence electrons. The highest BCUT2D eigenvalue weighted by Crippen LogP contribution is 2.08. The Morgan fingerprint density at radius 1 is 1.00 bits per heavy atom. The first kappa shape index (κ1) is 22.6. The standard InChI is InChI=1S/C20H34O4/c1-2-3-12-15-19(21)16-13-10-8-6-4-5-7-9-11-14-17-24-18-20(22)23/h3,8,10,12-13,16,19,21H,2,4-7,9,11,14-15,17-18H2,1H3,(H,22,23)/b10-8-,12-3?,16-13?. The smallest absolute Gasteiger partial charge is 0.329 e. The van der Waals surface area contributed by atoms with Crippen LogP contribution in [-0.2, 0) is 9.53 Å². The lowest BCUT2D eigenvalue weighted by Gasteiger charge is -2.01. The highest BCUT2D eigenvalue weighted by atomic mass is 16.5. The van der Waals surface area contributed by atoms with Crippen molar-refractivity contribution in [2.45, 2.75) is 70.8 Å². The van der Waals surface area contributed by atoms with Gasteiger partial charge in [-0.25, -0.2) is 4.79 Å². The minimum atomic E-state index is -0.902. The van der Waals surface area contributed by atoms with Crippen LogP contribution in [0.15, 0.2) is 36.5 Å². The summed E-state index contributed by atoms with van der Waals surface area (Å²) in [6.07, 6.45) is 21.2. The average molecular weight is 338 g/mol. The van der Waals surface area contributed by atoms with Crippen LogP contribution in [0.5, 0.6) is 0 Å². The van der Waals surface area contributed by atoms with Crippen molar-refractivity contribution in [3.8, 4) is 0 Å². The summed E-state index contributed by atoms with van der Waals surface area (Å²) in [5.41, 5.74) is 0. The van der Waals surface area contributed by atoms with Gasteiger partial charge in [0.25, 0.3) is 0 Å². The fraction of sp³-hybridized carbons (Fsp3) is 0.650.